The third kappa shape index (κ3) is 7.35. The fourth-order valence-electron chi connectivity index (χ4n) is 6.43. The van der Waals surface area contributed by atoms with Crippen LogP contribution >= 0.6 is 0 Å². The average molecular weight is 609 g/mol. The molecule has 232 valence electrons. The van der Waals surface area contributed by atoms with Crippen LogP contribution in [-0.4, -0.2) is 50.8 Å². The highest BCUT2D eigenvalue weighted by Gasteiger charge is 2.38. The number of alkyl halides is 3. The summed E-state index contributed by atoms with van der Waals surface area (Å²) in [6.07, 6.45) is 1.58. The van der Waals surface area contributed by atoms with Crippen molar-refractivity contribution in [3.63, 3.8) is 0 Å². The molecule has 3 aromatic rings. The minimum atomic E-state index is -4.53. The Labute approximate surface area is 253 Å². The van der Waals surface area contributed by atoms with E-state index in [0.717, 1.165) is 48.9 Å². The number of hydrogen-bond acceptors (Lipinski definition) is 5. The number of pyridine rings is 1. The molecule has 2 aromatic carbocycles. The lowest BCUT2D eigenvalue weighted by Gasteiger charge is -2.36. The summed E-state index contributed by atoms with van der Waals surface area (Å²) in [5.41, 5.74) is 0.366. The van der Waals surface area contributed by atoms with Gasteiger partial charge in [0.25, 0.3) is 0 Å². The van der Waals surface area contributed by atoms with E-state index in [1.54, 1.807) is 29.3 Å². The number of carbonyl (C=O) groups is 3. The van der Waals surface area contributed by atoms with Crippen molar-refractivity contribution in [2.24, 2.45) is 11.8 Å². The molecule has 2 aliphatic rings. The van der Waals surface area contributed by atoms with E-state index >= 15 is 0 Å². The van der Waals surface area contributed by atoms with Crippen molar-refractivity contribution in [1.29, 1.82) is 0 Å². The Morgan fingerprint density at radius 2 is 1.61 bits per heavy atom. The van der Waals surface area contributed by atoms with E-state index in [1.807, 2.05) is 12.1 Å². The van der Waals surface area contributed by atoms with Gasteiger partial charge in [-0.05, 0) is 86.3 Å². The topological polar surface area (TPSA) is 108 Å². The highest BCUT2D eigenvalue weighted by molar-refractivity contribution is 5.98. The second-order valence-electron chi connectivity index (χ2n) is 12.0. The average Bonchev–Trinajstić information content (AvgIpc) is 3.49. The molecule has 1 atom stereocenters. The summed E-state index contributed by atoms with van der Waals surface area (Å²) in [5.74, 6) is -0.894. The van der Waals surface area contributed by atoms with Gasteiger partial charge in [-0.25, -0.2) is 4.79 Å². The minimum Gasteiger partial charge on any atom is -0.478 e. The maximum Gasteiger partial charge on any atom is 0.416 e. The lowest BCUT2D eigenvalue weighted by Crippen LogP contribution is -2.33. The van der Waals surface area contributed by atoms with Crippen LogP contribution in [-0.2, 0) is 16.6 Å². The number of likely N-dealkylation sites (tertiary alicyclic amines) is 1. The number of nitrogens with zero attached hydrogens (tertiary/aromatic N) is 2. The van der Waals surface area contributed by atoms with Gasteiger partial charge in [-0.3, -0.25) is 14.6 Å². The summed E-state index contributed by atoms with van der Waals surface area (Å²) in [6, 6.07) is 14.6. The fourth-order valence-corrected chi connectivity index (χ4v) is 6.43. The van der Waals surface area contributed by atoms with Gasteiger partial charge in [0, 0.05) is 43.3 Å². The SMILES string of the molecule is O=C(O)c1cccc(-c2ccc(C3(O)CCC(CC4CCN(C(=O)CCC(=O)c5cccc(C(F)(F)F)c5)C4)CC3)nc2)c1. The zero-order chi connectivity index (χ0) is 31.5. The van der Waals surface area contributed by atoms with Crippen molar-refractivity contribution in [3.8, 4) is 11.1 Å². The first kappa shape index (κ1) is 31.4. The van der Waals surface area contributed by atoms with Crippen LogP contribution in [0.25, 0.3) is 11.1 Å². The number of carbonyl (C=O) groups excluding carboxylic acids is 2. The Hall–Kier alpha value is -4.05. The Morgan fingerprint density at radius 3 is 2.30 bits per heavy atom. The smallest absolute Gasteiger partial charge is 0.416 e. The van der Waals surface area contributed by atoms with E-state index < -0.39 is 29.1 Å². The van der Waals surface area contributed by atoms with E-state index in [4.69, 9.17) is 0 Å². The van der Waals surface area contributed by atoms with Crippen LogP contribution in [0.15, 0.2) is 66.9 Å². The Morgan fingerprint density at radius 1 is 0.886 bits per heavy atom. The first-order valence-corrected chi connectivity index (χ1v) is 14.9. The standard InChI is InChI=1S/C34H35F3N2O5/c35-34(36,37)28-6-2-4-25(19-28)29(40)8-10-31(41)39-16-13-23(21-39)17-22-11-14-33(44,15-12-22)30-9-7-27(20-38-30)24-3-1-5-26(18-24)32(42)43/h1-7,9,18-20,22-23,44H,8,10-17,21H2,(H,42,43). The van der Waals surface area contributed by atoms with Gasteiger partial charge in [-0.15, -0.1) is 0 Å². The highest BCUT2D eigenvalue weighted by atomic mass is 19.4. The van der Waals surface area contributed by atoms with Crippen molar-refractivity contribution in [2.45, 2.75) is 63.1 Å². The number of amides is 1. The summed E-state index contributed by atoms with van der Waals surface area (Å²) < 4.78 is 38.9. The van der Waals surface area contributed by atoms with E-state index in [-0.39, 0.29) is 29.9 Å². The van der Waals surface area contributed by atoms with Crippen LogP contribution in [0, 0.1) is 11.8 Å². The molecule has 1 saturated carbocycles. The molecular formula is C34H35F3N2O5. The van der Waals surface area contributed by atoms with Gasteiger partial charge in [0.15, 0.2) is 5.78 Å². The zero-order valence-electron chi connectivity index (χ0n) is 24.2. The van der Waals surface area contributed by atoms with Crippen LogP contribution in [0.3, 0.4) is 0 Å². The molecule has 1 unspecified atom stereocenters. The fraction of sp³-hybridized carbons (Fsp3) is 0.412. The number of rotatable bonds is 9. The third-order valence-corrected chi connectivity index (χ3v) is 9.00. The number of hydrogen-bond donors (Lipinski definition) is 2. The number of aromatic carboxylic acids is 1. The maximum absolute atomic E-state index is 13.0. The molecule has 10 heteroatoms. The molecule has 2 N–H and O–H groups in total. The van der Waals surface area contributed by atoms with Crippen LogP contribution < -0.4 is 0 Å². The lowest BCUT2D eigenvalue weighted by atomic mass is 9.74. The first-order chi connectivity index (χ1) is 20.9. The highest BCUT2D eigenvalue weighted by Crippen LogP contribution is 2.42. The van der Waals surface area contributed by atoms with E-state index in [1.165, 1.54) is 18.2 Å². The number of benzene rings is 2. The number of carboxylic acid groups (broad SMARTS) is 1. The lowest BCUT2D eigenvalue weighted by molar-refractivity contribution is -0.137. The quantitative estimate of drug-likeness (QED) is 0.261. The number of Topliss-reactive ketones (excluding diaryl/α,β-unsaturated/α-hetero) is 1. The molecule has 0 radical (unpaired) electrons. The van der Waals surface area contributed by atoms with Crippen LogP contribution in [0.1, 0.15) is 83.3 Å². The number of aromatic nitrogens is 1. The minimum absolute atomic E-state index is 0.0327. The summed E-state index contributed by atoms with van der Waals surface area (Å²) in [4.78, 5) is 42.8. The Kier molecular flexibility index (Phi) is 9.20. The molecule has 1 aromatic heterocycles. The molecular weight excluding hydrogens is 573 g/mol. The van der Waals surface area contributed by atoms with E-state index in [0.29, 0.717) is 43.5 Å². The predicted octanol–water partition coefficient (Wildman–Crippen LogP) is 6.75. The van der Waals surface area contributed by atoms with Crippen LogP contribution in [0.2, 0.25) is 0 Å². The molecule has 5 rings (SSSR count). The summed E-state index contributed by atoms with van der Waals surface area (Å²) in [5, 5.41) is 20.6. The zero-order valence-corrected chi connectivity index (χ0v) is 24.2. The van der Waals surface area contributed by atoms with E-state index in [2.05, 4.69) is 4.98 Å². The number of aliphatic hydroxyl groups is 1. The molecule has 0 spiro atoms. The number of ketones is 1. The van der Waals surface area contributed by atoms with Gasteiger partial charge < -0.3 is 15.1 Å². The monoisotopic (exact) mass is 608 g/mol. The van der Waals surface area contributed by atoms with Crippen molar-refractivity contribution in [1.82, 2.24) is 9.88 Å². The molecule has 1 aliphatic heterocycles. The summed E-state index contributed by atoms with van der Waals surface area (Å²) in [6.45, 7) is 1.20. The number of carboxylic acids is 1. The maximum atomic E-state index is 13.0. The first-order valence-electron chi connectivity index (χ1n) is 14.9. The third-order valence-electron chi connectivity index (χ3n) is 9.00. The van der Waals surface area contributed by atoms with Crippen molar-refractivity contribution in [2.75, 3.05) is 13.1 Å². The molecule has 2 heterocycles. The van der Waals surface area contributed by atoms with Crippen molar-refractivity contribution >= 4 is 17.7 Å². The number of halogens is 3. The predicted molar refractivity (Wildman–Crippen MR) is 157 cm³/mol. The molecule has 2 fully saturated rings. The van der Waals surface area contributed by atoms with Crippen LogP contribution in [0.5, 0.6) is 0 Å². The van der Waals surface area contributed by atoms with Crippen molar-refractivity contribution < 1.29 is 37.8 Å². The molecule has 1 amide bonds. The largest absolute Gasteiger partial charge is 0.478 e. The summed E-state index contributed by atoms with van der Waals surface area (Å²) >= 11 is 0. The molecule has 44 heavy (non-hydrogen) atoms. The van der Waals surface area contributed by atoms with Gasteiger partial charge in [-0.2, -0.15) is 13.2 Å². The second kappa shape index (κ2) is 12.9. The van der Waals surface area contributed by atoms with Gasteiger partial charge in [0.2, 0.25) is 5.91 Å². The van der Waals surface area contributed by atoms with Gasteiger partial charge in [0.1, 0.15) is 5.60 Å². The normalized spacial score (nSPS) is 22.1. The van der Waals surface area contributed by atoms with Gasteiger partial charge >= 0.3 is 12.1 Å². The Bertz CT molecular complexity index is 1510. The second-order valence-corrected chi connectivity index (χ2v) is 12.0. The van der Waals surface area contributed by atoms with E-state index in [9.17, 15) is 37.8 Å². The van der Waals surface area contributed by atoms with Gasteiger partial charge in [-0.1, -0.05) is 30.3 Å². The Balaban J connectivity index is 1.08. The van der Waals surface area contributed by atoms with Crippen molar-refractivity contribution in [3.05, 3.63) is 89.2 Å². The van der Waals surface area contributed by atoms with Gasteiger partial charge in [0.05, 0.1) is 16.8 Å². The molecule has 1 saturated heterocycles. The molecule has 0 bridgehead atoms. The summed E-state index contributed by atoms with van der Waals surface area (Å²) in [7, 11) is 0. The van der Waals surface area contributed by atoms with Crippen LogP contribution in [0.4, 0.5) is 13.2 Å². The molecule has 1 aliphatic carbocycles. The molecule has 7 nitrogen and oxygen atoms in total.